The lowest BCUT2D eigenvalue weighted by Crippen LogP contribution is -2.45. The van der Waals surface area contributed by atoms with Gasteiger partial charge in [0.25, 0.3) is 5.91 Å². The Labute approximate surface area is 170 Å². The Hall–Kier alpha value is -2.79. The molecule has 4 nitrogen and oxygen atoms in total. The van der Waals surface area contributed by atoms with Gasteiger partial charge in [-0.1, -0.05) is 24.0 Å². The molecule has 152 valence electrons. The Morgan fingerprint density at radius 2 is 2.07 bits per heavy atom. The Morgan fingerprint density at radius 3 is 2.79 bits per heavy atom. The Bertz CT molecular complexity index is 929. The number of likely N-dealkylation sites (tertiary alicyclic amines) is 1. The molecule has 2 aromatic rings. The minimum absolute atomic E-state index is 0.0322. The molecule has 0 saturated carbocycles. The van der Waals surface area contributed by atoms with E-state index in [1.165, 1.54) is 23.5 Å². The SMILES string of the molecule is O=C(NCC#Cc1cccc(C(F)(F)F)c1)C1CCCN(C(=O)c2cccs2)C1. The van der Waals surface area contributed by atoms with Gasteiger partial charge in [0.15, 0.2) is 0 Å². The number of nitrogens with one attached hydrogen (secondary N) is 1. The first-order chi connectivity index (χ1) is 13.8. The van der Waals surface area contributed by atoms with Crippen LogP contribution in [-0.4, -0.2) is 36.3 Å². The highest BCUT2D eigenvalue weighted by atomic mass is 32.1. The van der Waals surface area contributed by atoms with Gasteiger partial charge in [0.1, 0.15) is 0 Å². The minimum atomic E-state index is -4.42. The van der Waals surface area contributed by atoms with E-state index in [2.05, 4.69) is 17.2 Å². The van der Waals surface area contributed by atoms with Crippen LogP contribution in [0.1, 0.15) is 33.6 Å². The lowest BCUT2D eigenvalue weighted by Gasteiger charge is -2.31. The predicted octanol–water partition coefficient (Wildman–Crippen LogP) is 3.79. The molecule has 2 amide bonds. The van der Waals surface area contributed by atoms with Crippen molar-refractivity contribution in [3.63, 3.8) is 0 Å². The zero-order valence-electron chi connectivity index (χ0n) is 15.5. The van der Waals surface area contributed by atoms with Gasteiger partial charge in [-0.3, -0.25) is 9.59 Å². The van der Waals surface area contributed by atoms with Gasteiger partial charge in [0.05, 0.1) is 22.9 Å². The van der Waals surface area contributed by atoms with E-state index in [1.54, 1.807) is 11.0 Å². The van der Waals surface area contributed by atoms with E-state index in [9.17, 15) is 22.8 Å². The van der Waals surface area contributed by atoms with Crippen molar-refractivity contribution in [3.05, 3.63) is 57.8 Å². The van der Waals surface area contributed by atoms with E-state index in [4.69, 9.17) is 0 Å². The quantitative estimate of drug-likeness (QED) is 0.769. The average molecular weight is 420 g/mol. The second kappa shape index (κ2) is 9.14. The molecule has 2 heterocycles. The van der Waals surface area contributed by atoms with Gasteiger partial charge in [-0.15, -0.1) is 11.3 Å². The molecule has 0 radical (unpaired) electrons. The average Bonchev–Trinajstić information content (AvgIpc) is 3.25. The van der Waals surface area contributed by atoms with E-state index in [0.29, 0.717) is 24.4 Å². The van der Waals surface area contributed by atoms with Crippen LogP contribution in [0.15, 0.2) is 41.8 Å². The summed E-state index contributed by atoms with van der Waals surface area (Å²) in [5.41, 5.74) is -0.523. The van der Waals surface area contributed by atoms with Crippen molar-refractivity contribution in [2.75, 3.05) is 19.6 Å². The molecule has 1 aliphatic rings. The van der Waals surface area contributed by atoms with Gasteiger partial charge in [0, 0.05) is 18.7 Å². The highest BCUT2D eigenvalue weighted by molar-refractivity contribution is 7.12. The molecule has 1 fully saturated rings. The number of hydrogen-bond acceptors (Lipinski definition) is 3. The molecular formula is C21H19F3N2O2S. The molecule has 0 aliphatic carbocycles. The number of piperidine rings is 1. The predicted molar refractivity (Wildman–Crippen MR) is 104 cm³/mol. The fourth-order valence-electron chi connectivity index (χ4n) is 3.13. The molecule has 1 N–H and O–H groups in total. The number of nitrogens with zero attached hydrogens (tertiary/aromatic N) is 1. The molecule has 29 heavy (non-hydrogen) atoms. The van der Waals surface area contributed by atoms with Crippen LogP contribution >= 0.6 is 11.3 Å². The molecule has 1 aliphatic heterocycles. The third-order valence-corrected chi connectivity index (χ3v) is 5.44. The van der Waals surface area contributed by atoms with Crippen molar-refractivity contribution in [1.82, 2.24) is 10.2 Å². The van der Waals surface area contributed by atoms with Crippen molar-refractivity contribution in [3.8, 4) is 11.8 Å². The van der Waals surface area contributed by atoms with E-state index in [-0.39, 0.29) is 29.8 Å². The summed E-state index contributed by atoms with van der Waals surface area (Å²) < 4.78 is 38.1. The topological polar surface area (TPSA) is 49.4 Å². The number of halogens is 3. The van der Waals surface area contributed by atoms with E-state index in [0.717, 1.165) is 18.6 Å². The van der Waals surface area contributed by atoms with Crippen LogP contribution in [0.4, 0.5) is 13.2 Å². The first kappa shape index (κ1) is 20.9. The minimum Gasteiger partial charge on any atom is -0.345 e. The Balaban J connectivity index is 1.52. The fraction of sp³-hybridized carbons (Fsp3) is 0.333. The molecule has 1 aromatic heterocycles. The molecule has 0 spiro atoms. The van der Waals surface area contributed by atoms with Crippen molar-refractivity contribution in [1.29, 1.82) is 0 Å². The largest absolute Gasteiger partial charge is 0.416 e. The summed E-state index contributed by atoms with van der Waals surface area (Å²) in [4.78, 5) is 27.2. The maximum Gasteiger partial charge on any atom is 0.416 e. The second-order valence-electron chi connectivity index (χ2n) is 6.67. The highest BCUT2D eigenvalue weighted by Crippen LogP contribution is 2.29. The third-order valence-electron chi connectivity index (χ3n) is 4.58. The third kappa shape index (κ3) is 5.61. The van der Waals surface area contributed by atoms with Crippen LogP contribution < -0.4 is 5.32 Å². The van der Waals surface area contributed by atoms with Crippen LogP contribution in [0.25, 0.3) is 0 Å². The van der Waals surface area contributed by atoms with Crippen LogP contribution in [0.2, 0.25) is 0 Å². The van der Waals surface area contributed by atoms with E-state index >= 15 is 0 Å². The second-order valence-corrected chi connectivity index (χ2v) is 7.61. The summed E-state index contributed by atoms with van der Waals surface area (Å²) in [6, 6.07) is 8.32. The van der Waals surface area contributed by atoms with Gasteiger partial charge >= 0.3 is 6.18 Å². The van der Waals surface area contributed by atoms with Gasteiger partial charge in [-0.05, 0) is 42.5 Å². The van der Waals surface area contributed by atoms with E-state index < -0.39 is 11.7 Å². The molecule has 1 aromatic carbocycles. The number of carbonyl (C=O) groups is 2. The van der Waals surface area contributed by atoms with Crippen LogP contribution in [0, 0.1) is 17.8 Å². The normalized spacial score (nSPS) is 16.7. The van der Waals surface area contributed by atoms with Gasteiger partial charge in [-0.2, -0.15) is 13.2 Å². The molecular weight excluding hydrogens is 401 g/mol. The zero-order chi connectivity index (χ0) is 20.9. The number of hydrogen-bond donors (Lipinski definition) is 1. The maximum atomic E-state index is 12.7. The van der Waals surface area contributed by atoms with Gasteiger partial charge < -0.3 is 10.2 Å². The smallest absolute Gasteiger partial charge is 0.345 e. The molecule has 1 unspecified atom stereocenters. The van der Waals surface area contributed by atoms with E-state index in [1.807, 2.05) is 11.4 Å². The summed E-state index contributed by atoms with van der Waals surface area (Å²) >= 11 is 1.37. The molecule has 8 heteroatoms. The number of carbonyl (C=O) groups excluding carboxylic acids is 2. The molecule has 1 saturated heterocycles. The van der Waals surface area contributed by atoms with Gasteiger partial charge in [0.2, 0.25) is 5.91 Å². The summed E-state index contributed by atoms with van der Waals surface area (Å²) in [6.07, 6.45) is -2.99. The number of amides is 2. The number of benzene rings is 1. The Kier molecular flexibility index (Phi) is 6.60. The summed E-state index contributed by atoms with van der Waals surface area (Å²) in [5.74, 6) is 4.73. The molecule has 3 rings (SSSR count). The summed E-state index contributed by atoms with van der Waals surface area (Å²) in [7, 11) is 0. The number of alkyl halides is 3. The zero-order valence-corrected chi connectivity index (χ0v) is 16.3. The van der Waals surface area contributed by atoms with Gasteiger partial charge in [-0.25, -0.2) is 0 Å². The number of rotatable bonds is 3. The maximum absolute atomic E-state index is 12.7. The summed E-state index contributed by atoms with van der Waals surface area (Å²) in [5, 5.41) is 4.53. The lowest BCUT2D eigenvalue weighted by molar-refractivity contribution is -0.137. The first-order valence-corrected chi connectivity index (χ1v) is 9.99. The monoisotopic (exact) mass is 420 g/mol. The molecule has 1 atom stereocenters. The fourth-order valence-corrected chi connectivity index (χ4v) is 3.82. The van der Waals surface area contributed by atoms with Crippen LogP contribution in [0.3, 0.4) is 0 Å². The van der Waals surface area contributed by atoms with Crippen LogP contribution in [-0.2, 0) is 11.0 Å². The molecule has 0 bridgehead atoms. The Morgan fingerprint density at radius 1 is 1.24 bits per heavy atom. The summed E-state index contributed by atoms with van der Waals surface area (Å²) in [6.45, 7) is 1.00. The lowest BCUT2D eigenvalue weighted by atomic mass is 9.97. The number of thiophene rings is 1. The highest BCUT2D eigenvalue weighted by Gasteiger charge is 2.30. The van der Waals surface area contributed by atoms with Crippen molar-refractivity contribution >= 4 is 23.2 Å². The van der Waals surface area contributed by atoms with Crippen molar-refractivity contribution < 1.29 is 22.8 Å². The standard InChI is InChI=1S/C21H19F3N2O2S/c22-21(23,24)17-8-1-5-15(13-17)6-2-10-25-19(27)16-7-3-11-26(14-16)20(28)18-9-4-12-29-18/h1,4-5,8-9,12-13,16H,3,7,10-11,14H2,(H,25,27). The van der Waals surface area contributed by atoms with Crippen LogP contribution in [0.5, 0.6) is 0 Å². The van der Waals surface area contributed by atoms with Crippen molar-refractivity contribution in [2.24, 2.45) is 5.92 Å². The van der Waals surface area contributed by atoms with Crippen molar-refractivity contribution in [2.45, 2.75) is 19.0 Å². The first-order valence-electron chi connectivity index (χ1n) is 9.11.